The van der Waals surface area contributed by atoms with Crippen molar-refractivity contribution in [3.63, 3.8) is 0 Å². The summed E-state index contributed by atoms with van der Waals surface area (Å²) >= 11 is 0. The second kappa shape index (κ2) is 9.03. The molecule has 0 amide bonds. The standard InChI is InChI=1S/C22H25N3O5/c1-23-11-19-24-25-22(30-19)14-7-5-13(6-8-14)15-3-2-4-16(9-15)21-20(28)18(27)10-17(12-26)29-21/h2-9,17-18,20-21,23,26-28H,10-12H2,1H3/t17?,18?,20?,21-/m1/s1. The van der Waals surface area contributed by atoms with Gasteiger partial charge in [0, 0.05) is 12.0 Å². The molecule has 8 nitrogen and oxygen atoms in total. The van der Waals surface area contributed by atoms with Crippen LogP contribution in [0.25, 0.3) is 22.6 Å². The molecule has 1 fully saturated rings. The first-order chi connectivity index (χ1) is 14.6. The number of aromatic nitrogens is 2. The van der Waals surface area contributed by atoms with Gasteiger partial charge in [0.2, 0.25) is 11.8 Å². The van der Waals surface area contributed by atoms with E-state index in [1.165, 1.54) is 0 Å². The molecule has 0 radical (unpaired) electrons. The van der Waals surface area contributed by atoms with Gasteiger partial charge in [-0.2, -0.15) is 0 Å². The van der Waals surface area contributed by atoms with E-state index in [9.17, 15) is 15.3 Å². The van der Waals surface area contributed by atoms with Crippen LogP contribution in [0.15, 0.2) is 52.9 Å². The first-order valence-corrected chi connectivity index (χ1v) is 9.89. The molecule has 2 heterocycles. The summed E-state index contributed by atoms with van der Waals surface area (Å²) in [6.07, 6.45) is -2.98. The van der Waals surface area contributed by atoms with Gasteiger partial charge >= 0.3 is 0 Å². The molecule has 0 spiro atoms. The summed E-state index contributed by atoms with van der Waals surface area (Å²) in [4.78, 5) is 0. The molecule has 8 heteroatoms. The van der Waals surface area contributed by atoms with E-state index < -0.39 is 24.4 Å². The predicted octanol–water partition coefficient (Wildman–Crippen LogP) is 1.67. The Hall–Kier alpha value is -2.62. The lowest BCUT2D eigenvalue weighted by molar-refractivity contribution is -0.179. The molecule has 30 heavy (non-hydrogen) atoms. The maximum absolute atomic E-state index is 10.4. The Bertz CT molecular complexity index is 975. The minimum Gasteiger partial charge on any atom is -0.419 e. The van der Waals surface area contributed by atoms with Gasteiger partial charge in [0.25, 0.3) is 0 Å². The fourth-order valence-corrected chi connectivity index (χ4v) is 3.64. The van der Waals surface area contributed by atoms with E-state index in [4.69, 9.17) is 9.15 Å². The third kappa shape index (κ3) is 4.28. The second-order valence-corrected chi connectivity index (χ2v) is 7.39. The van der Waals surface area contributed by atoms with E-state index in [-0.39, 0.29) is 13.0 Å². The van der Waals surface area contributed by atoms with Crippen LogP contribution in [0, 0.1) is 0 Å². The lowest BCUT2D eigenvalue weighted by Gasteiger charge is -2.37. The Morgan fingerprint density at radius 2 is 1.80 bits per heavy atom. The average molecular weight is 411 g/mol. The quantitative estimate of drug-likeness (QED) is 0.483. The Morgan fingerprint density at radius 3 is 2.53 bits per heavy atom. The Morgan fingerprint density at radius 1 is 1.03 bits per heavy atom. The van der Waals surface area contributed by atoms with Crippen molar-refractivity contribution in [2.75, 3.05) is 13.7 Å². The number of ether oxygens (including phenoxy) is 1. The van der Waals surface area contributed by atoms with Crippen molar-refractivity contribution in [1.82, 2.24) is 15.5 Å². The first kappa shape index (κ1) is 20.6. The van der Waals surface area contributed by atoms with E-state index >= 15 is 0 Å². The number of aliphatic hydroxyl groups excluding tert-OH is 3. The van der Waals surface area contributed by atoms with Gasteiger partial charge in [-0.05, 0) is 41.9 Å². The Balaban J connectivity index is 1.56. The molecule has 1 aliphatic heterocycles. The normalized spacial score (nSPS) is 24.1. The van der Waals surface area contributed by atoms with Crippen LogP contribution in [-0.4, -0.2) is 57.5 Å². The van der Waals surface area contributed by atoms with Gasteiger partial charge in [-0.15, -0.1) is 10.2 Å². The molecule has 4 atom stereocenters. The summed E-state index contributed by atoms with van der Waals surface area (Å²) in [7, 11) is 1.81. The van der Waals surface area contributed by atoms with Crippen molar-refractivity contribution in [2.24, 2.45) is 0 Å². The van der Waals surface area contributed by atoms with Gasteiger partial charge in [0.15, 0.2) is 0 Å². The summed E-state index contributed by atoms with van der Waals surface area (Å²) in [6, 6.07) is 15.4. The molecular formula is C22H25N3O5. The van der Waals surface area contributed by atoms with Crippen molar-refractivity contribution in [2.45, 2.75) is 37.4 Å². The Kier molecular flexibility index (Phi) is 6.21. The first-order valence-electron chi connectivity index (χ1n) is 9.89. The third-order valence-electron chi connectivity index (χ3n) is 5.23. The maximum Gasteiger partial charge on any atom is 0.247 e. The topological polar surface area (TPSA) is 121 Å². The molecule has 2 aromatic carbocycles. The zero-order valence-electron chi connectivity index (χ0n) is 16.6. The molecule has 1 aliphatic rings. The van der Waals surface area contributed by atoms with Gasteiger partial charge in [0.1, 0.15) is 12.2 Å². The molecule has 4 rings (SSSR count). The van der Waals surface area contributed by atoms with Crippen LogP contribution in [0.1, 0.15) is 24.0 Å². The van der Waals surface area contributed by atoms with Gasteiger partial charge in [-0.3, -0.25) is 0 Å². The van der Waals surface area contributed by atoms with Crippen LogP contribution in [0.2, 0.25) is 0 Å². The van der Waals surface area contributed by atoms with Gasteiger partial charge in [0.05, 0.1) is 25.4 Å². The molecule has 3 unspecified atom stereocenters. The summed E-state index contributed by atoms with van der Waals surface area (Å²) in [6.45, 7) is 0.311. The van der Waals surface area contributed by atoms with Crippen molar-refractivity contribution < 1.29 is 24.5 Å². The third-order valence-corrected chi connectivity index (χ3v) is 5.23. The summed E-state index contributed by atoms with van der Waals surface area (Å²) in [5.41, 5.74) is 3.48. The molecule has 0 aliphatic carbocycles. The lowest BCUT2D eigenvalue weighted by atomic mass is 9.91. The monoisotopic (exact) mass is 411 g/mol. The average Bonchev–Trinajstić information content (AvgIpc) is 3.25. The van der Waals surface area contributed by atoms with Gasteiger partial charge in [-0.1, -0.05) is 30.3 Å². The molecule has 0 bridgehead atoms. The minimum absolute atomic E-state index is 0.201. The highest BCUT2D eigenvalue weighted by atomic mass is 16.5. The van der Waals surface area contributed by atoms with Crippen molar-refractivity contribution in [3.05, 3.63) is 60.0 Å². The van der Waals surface area contributed by atoms with E-state index in [2.05, 4.69) is 15.5 Å². The Labute approximate surface area is 174 Å². The number of benzene rings is 2. The van der Waals surface area contributed by atoms with Gasteiger partial charge < -0.3 is 29.8 Å². The maximum atomic E-state index is 10.4. The van der Waals surface area contributed by atoms with E-state index in [0.717, 1.165) is 22.3 Å². The molecule has 3 aromatic rings. The number of rotatable bonds is 6. The zero-order chi connectivity index (χ0) is 21.1. The largest absolute Gasteiger partial charge is 0.419 e. The van der Waals surface area contributed by atoms with Crippen LogP contribution in [0.3, 0.4) is 0 Å². The molecule has 4 N–H and O–H groups in total. The summed E-state index contributed by atoms with van der Waals surface area (Å²) in [5.74, 6) is 0.988. The highest BCUT2D eigenvalue weighted by Gasteiger charge is 2.37. The highest BCUT2D eigenvalue weighted by Crippen LogP contribution is 2.34. The summed E-state index contributed by atoms with van der Waals surface area (Å²) in [5, 5.41) is 40.9. The lowest BCUT2D eigenvalue weighted by Crippen LogP contribution is -2.44. The van der Waals surface area contributed by atoms with Crippen LogP contribution in [0.5, 0.6) is 0 Å². The molecule has 0 saturated carbocycles. The predicted molar refractivity (Wildman–Crippen MR) is 109 cm³/mol. The van der Waals surface area contributed by atoms with Crippen LogP contribution < -0.4 is 5.32 Å². The smallest absolute Gasteiger partial charge is 0.247 e. The number of hydrogen-bond acceptors (Lipinski definition) is 8. The molecule has 1 saturated heterocycles. The fourth-order valence-electron chi connectivity index (χ4n) is 3.64. The number of nitrogens with zero attached hydrogens (tertiary/aromatic N) is 2. The summed E-state index contributed by atoms with van der Waals surface area (Å²) < 4.78 is 11.4. The molecule has 158 valence electrons. The number of hydrogen-bond donors (Lipinski definition) is 4. The van der Waals surface area contributed by atoms with Crippen molar-refractivity contribution >= 4 is 0 Å². The fraction of sp³-hybridized carbons (Fsp3) is 0.364. The van der Waals surface area contributed by atoms with Crippen molar-refractivity contribution in [1.29, 1.82) is 0 Å². The zero-order valence-corrected chi connectivity index (χ0v) is 16.6. The second-order valence-electron chi connectivity index (χ2n) is 7.39. The highest BCUT2D eigenvalue weighted by molar-refractivity contribution is 5.68. The van der Waals surface area contributed by atoms with E-state index in [0.29, 0.717) is 18.3 Å². The van der Waals surface area contributed by atoms with Crippen molar-refractivity contribution in [3.8, 4) is 22.6 Å². The number of nitrogens with one attached hydrogen (secondary N) is 1. The molecule has 1 aromatic heterocycles. The van der Waals surface area contributed by atoms with Crippen LogP contribution >= 0.6 is 0 Å². The number of aliphatic hydroxyl groups is 3. The SMILES string of the molecule is CNCc1nnc(-c2ccc(-c3cccc([C@H]4OC(CO)CC(O)C4O)c3)cc2)o1. The molecular weight excluding hydrogens is 386 g/mol. The van der Waals surface area contributed by atoms with E-state index in [1.54, 1.807) is 0 Å². The van der Waals surface area contributed by atoms with Crippen LogP contribution in [0.4, 0.5) is 0 Å². The van der Waals surface area contributed by atoms with E-state index in [1.807, 2.05) is 55.6 Å². The van der Waals surface area contributed by atoms with Gasteiger partial charge in [-0.25, -0.2) is 0 Å². The van der Waals surface area contributed by atoms with Crippen LogP contribution in [-0.2, 0) is 11.3 Å². The minimum atomic E-state index is -1.05.